The molecule has 17 heavy (non-hydrogen) atoms. The predicted octanol–water partition coefficient (Wildman–Crippen LogP) is 0.209. The first-order valence-corrected chi connectivity index (χ1v) is 4.93. The Hall–Kier alpha value is -2.11. The van der Waals surface area contributed by atoms with E-state index in [9.17, 15) is 9.59 Å². The van der Waals surface area contributed by atoms with Crippen molar-refractivity contribution in [2.75, 3.05) is 7.11 Å². The number of nitrogens with zero attached hydrogens (tertiary/aromatic N) is 1. The Balaban J connectivity index is 3.11. The van der Waals surface area contributed by atoms with Crippen LogP contribution < -0.4 is 10.5 Å². The molecule has 3 N–H and O–H groups in total. The quantitative estimate of drug-likeness (QED) is 0.714. The molecule has 0 bridgehead atoms. The van der Waals surface area contributed by atoms with Crippen LogP contribution in [0, 0.1) is 5.41 Å². The van der Waals surface area contributed by atoms with Gasteiger partial charge in [-0.15, -0.1) is 0 Å². The predicted molar refractivity (Wildman–Crippen MR) is 59.4 cm³/mol. The highest BCUT2D eigenvalue weighted by atomic mass is 16.5. The van der Waals surface area contributed by atoms with E-state index in [0.717, 1.165) is 0 Å². The molecule has 1 aromatic heterocycles. The van der Waals surface area contributed by atoms with Crippen LogP contribution in [0.3, 0.4) is 0 Å². The molecule has 1 amide bonds. The lowest BCUT2D eigenvalue weighted by Crippen LogP contribution is -2.43. The Morgan fingerprint density at radius 1 is 1.59 bits per heavy atom. The number of carboxylic acids is 1. The Labute approximate surface area is 98.4 Å². The van der Waals surface area contributed by atoms with E-state index in [0.29, 0.717) is 11.4 Å². The molecule has 92 valence electrons. The van der Waals surface area contributed by atoms with Crippen molar-refractivity contribution >= 4 is 11.9 Å². The highest BCUT2D eigenvalue weighted by molar-refractivity contribution is 6.01. The summed E-state index contributed by atoms with van der Waals surface area (Å²) in [5, 5.41) is 9.07. The second kappa shape index (κ2) is 4.82. The molecule has 0 aliphatic heterocycles. The molecule has 1 unspecified atom stereocenters. The second-order valence-electron chi connectivity index (χ2n) is 3.85. The molecule has 6 heteroatoms. The van der Waals surface area contributed by atoms with Crippen LogP contribution in [-0.2, 0) is 16.0 Å². The Bertz CT molecular complexity index is 431. The maximum Gasteiger partial charge on any atom is 0.319 e. The van der Waals surface area contributed by atoms with Gasteiger partial charge in [-0.05, 0) is 13.0 Å². The van der Waals surface area contributed by atoms with Crippen LogP contribution in [0.15, 0.2) is 18.3 Å². The average Bonchev–Trinajstić information content (AvgIpc) is 2.29. The summed E-state index contributed by atoms with van der Waals surface area (Å²) in [5.41, 5.74) is 3.99. The lowest BCUT2D eigenvalue weighted by Gasteiger charge is -2.21. The van der Waals surface area contributed by atoms with E-state index in [1.54, 1.807) is 12.1 Å². The zero-order valence-electron chi connectivity index (χ0n) is 9.64. The zero-order chi connectivity index (χ0) is 13.1. The van der Waals surface area contributed by atoms with Crippen molar-refractivity contribution in [2.24, 2.45) is 11.1 Å². The smallest absolute Gasteiger partial charge is 0.319 e. The monoisotopic (exact) mass is 238 g/mol. The van der Waals surface area contributed by atoms with E-state index in [1.807, 2.05) is 0 Å². The first-order valence-electron chi connectivity index (χ1n) is 4.93. The number of carboxylic acid groups (broad SMARTS) is 1. The third-order valence-electron chi connectivity index (χ3n) is 2.60. The van der Waals surface area contributed by atoms with Gasteiger partial charge in [0.2, 0.25) is 11.8 Å². The van der Waals surface area contributed by atoms with Crippen LogP contribution in [0.4, 0.5) is 0 Å². The number of methoxy groups -OCH3 is 1. The minimum Gasteiger partial charge on any atom is -0.481 e. The molecule has 0 fully saturated rings. The summed E-state index contributed by atoms with van der Waals surface area (Å²) in [5.74, 6) is -1.87. The highest BCUT2D eigenvalue weighted by Gasteiger charge is 2.40. The van der Waals surface area contributed by atoms with Crippen molar-refractivity contribution in [2.45, 2.75) is 13.3 Å². The first kappa shape index (κ1) is 13.0. The number of carbonyl (C=O) groups is 2. The molecule has 0 saturated heterocycles. The van der Waals surface area contributed by atoms with E-state index in [-0.39, 0.29) is 6.42 Å². The fraction of sp³-hybridized carbons (Fsp3) is 0.364. The Morgan fingerprint density at radius 2 is 2.24 bits per heavy atom. The lowest BCUT2D eigenvalue weighted by atomic mass is 9.83. The zero-order valence-corrected chi connectivity index (χ0v) is 9.64. The summed E-state index contributed by atoms with van der Waals surface area (Å²) in [4.78, 5) is 26.3. The first-order chi connectivity index (χ1) is 7.91. The Morgan fingerprint density at radius 3 is 2.71 bits per heavy atom. The van der Waals surface area contributed by atoms with Gasteiger partial charge in [0.15, 0.2) is 0 Å². The van der Waals surface area contributed by atoms with E-state index >= 15 is 0 Å². The molecule has 0 saturated carbocycles. The molecule has 6 nitrogen and oxygen atoms in total. The Kier molecular flexibility index (Phi) is 3.67. The van der Waals surface area contributed by atoms with Gasteiger partial charge in [0.1, 0.15) is 5.41 Å². The molecule has 1 aromatic rings. The van der Waals surface area contributed by atoms with Gasteiger partial charge in [-0.2, -0.15) is 0 Å². The van der Waals surface area contributed by atoms with Gasteiger partial charge in [0.25, 0.3) is 0 Å². The second-order valence-corrected chi connectivity index (χ2v) is 3.85. The van der Waals surface area contributed by atoms with Gasteiger partial charge in [0, 0.05) is 18.2 Å². The van der Waals surface area contributed by atoms with Crippen LogP contribution in [0.2, 0.25) is 0 Å². The number of pyridine rings is 1. The van der Waals surface area contributed by atoms with E-state index in [2.05, 4.69) is 4.98 Å². The van der Waals surface area contributed by atoms with Crippen LogP contribution in [0.25, 0.3) is 0 Å². The number of rotatable bonds is 5. The van der Waals surface area contributed by atoms with E-state index < -0.39 is 17.3 Å². The van der Waals surface area contributed by atoms with Crippen LogP contribution >= 0.6 is 0 Å². The number of hydrogen-bond acceptors (Lipinski definition) is 4. The van der Waals surface area contributed by atoms with Gasteiger partial charge in [-0.1, -0.05) is 6.07 Å². The van der Waals surface area contributed by atoms with Gasteiger partial charge in [-0.25, -0.2) is 4.98 Å². The standard InChI is InChI=1S/C11H14N2O4/c1-11(9(12)14,10(15)16)6-7-4-3-5-13-8(7)17-2/h3-5H,6H2,1-2H3,(H2,12,14)(H,15,16). The lowest BCUT2D eigenvalue weighted by molar-refractivity contribution is -0.153. The molecule has 0 aromatic carbocycles. The van der Waals surface area contributed by atoms with E-state index in [4.69, 9.17) is 15.6 Å². The topological polar surface area (TPSA) is 103 Å². The average molecular weight is 238 g/mol. The van der Waals surface area contributed by atoms with Gasteiger partial charge >= 0.3 is 5.97 Å². The number of primary amides is 1. The maximum absolute atomic E-state index is 11.2. The summed E-state index contributed by atoms with van der Waals surface area (Å²) in [7, 11) is 1.42. The maximum atomic E-state index is 11.2. The van der Waals surface area contributed by atoms with Gasteiger partial charge < -0.3 is 15.6 Å². The molecular weight excluding hydrogens is 224 g/mol. The van der Waals surface area contributed by atoms with Crippen molar-refractivity contribution in [3.63, 3.8) is 0 Å². The fourth-order valence-corrected chi connectivity index (χ4v) is 1.39. The summed E-state index contributed by atoms with van der Waals surface area (Å²) < 4.78 is 4.99. The molecule has 1 atom stereocenters. The molecular formula is C11H14N2O4. The van der Waals surface area contributed by atoms with Crippen LogP contribution in [0.5, 0.6) is 5.88 Å². The van der Waals surface area contributed by atoms with Crippen molar-refractivity contribution < 1.29 is 19.4 Å². The number of nitrogens with two attached hydrogens (primary N) is 1. The summed E-state index contributed by atoms with van der Waals surface area (Å²) in [6.45, 7) is 1.28. The van der Waals surface area contributed by atoms with E-state index in [1.165, 1.54) is 20.2 Å². The summed E-state index contributed by atoms with van der Waals surface area (Å²) in [6.07, 6.45) is 1.46. The fourth-order valence-electron chi connectivity index (χ4n) is 1.39. The number of aromatic nitrogens is 1. The van der Waals surface area contributed by atoms with Crippen LogP contribution in [0.1, 0.15) is 12.5 Å². The number of aliphatic carboxylic acids is 1. The third-order valence-corrected chi connectivity index (χ3v) is 2.60. The molecule has 0 aliphatic carbocycles. The highest BCUT2D eigenvalue weighted by Crippen LogP contribution is 2.26. The minimum absolute atomic E-state index is 0.0608. The minimum atomic E-state index is -1.67. The van der Waals surface area contributed by atoms with Gasteiger partial charge in [0.05, 0.1) is 7.11 Å². The third kappa shape index (κ3) is 2.52. The number of carbonyl (C=O) groups excluding carboxylic acids is 1. The van der Waals surface area contributed by atoms with Crippen molar-refractivity contribution in [3.8, 4) is 5.88 Å². The molecule has 1 rings (SSSR count). The number of hydrogen-bond donors (Lipinski definition) is 2. The van der Waals surface area contributed by atoms with Crippen LogP contribution in [-0.4, -0.2) is 29.1 Å². The molecule has 0 aliphatic rings. The molecule has 0 radical (unpaired) electrons. The summed E-state index contributed by atoms with van der Waals surface area (Å²) in [6, 6.07) is 3.29. The number of amides is 1. The molecule has 1 heterocycles. The number of ether oxygens (including phenoxy) is 1. The van der Waals surface area contributed by atoms with Gasteiger partial charge in [-0.3, -0.25) is 9.59 Å². The van der Waals surface area contributed by atoms with Crippen molar-refractivity contribution in [1.29, 1.82) is 0 Å². The SMILES string of the molecule is COc1ncccc1CC(C)(C(N)=O)C(=O)O. The largest absolute Gasteiger partial charge is 0.481 e. The van der Waals surface area contributed by atoms with Crippen molar-refractivity contribution in [3.05, 3.63) is 23.9 Å². The van der Waals surface area contributed by atoms with Crippen molar-refractivity contribution in [1.82, 2.24) is 4.98 Å². The summed E-state index contributed by atoms with van der Waals surface area (Å²) >= 11 is 0. The molecule has 0 spiro atoms. The normalized spacial score (nSPS) is 13.8.